The fourth-order valence-electron chi connectivity index (χ4n) is 1.44. The zero-order valence-corrected chi connectivity index (χ0v) is 12.0. The van der Waals surface area contributed by atoms with Crippen molar-refractivity contribution in [1.82, 2.24) is 10.3 Å². The maximum absolute atomic E-state index is 13.2. The van der Waals surface area contributed by atoms with Gasteiger partial charge >= 0.3 is 0 Å². The number of halogens is 1. The standard InChI is InChI=1S/C14H24FN3/c1-10(2)7-16-13-11(6-12(15)9-17-13)8-18-14(3,4)5/h6,9-10,18H,7-8H2,1-5H3,(H,16,17). The minimum absolute atomic E-state index is 0.00162. The monoisotopic (exact) mass is 253 g/mol. The third-order valence-corrected chi connectivity index (χ3v) is 2.42. The number of nitrogens with zero attached hydrogens (tertiary/aromatic N) is 1. The van der Waals surface area contributed by atoms with Crippen LogP contribution in [0, 0.1) is 11.7 Å². The average Bonchev–Trinajstić information content (AvgIpc) is 2.23. The number of anilines is 1. The first-order valence-electron chi connectivity index (χ1n) is 6.41. The maximum atomic E-state index is 13.2. The van der Waals surface area contributed by atoms with E-state index in [0.29, 0.717) is 12.5 Å². The van der Waals surface area contributed by atoms with Gasteiger partial charge in [-0.2, -0.15) is 0 Å². The third kappa shape index (κ3) is 5.45. The van der Waals surface area contributed by atoms with E-state index in [1.165, 1.54) is 12.3 Å². The van der Waals surface area contributed by atoms with Gasteiger partial charge in [-0.3, -0.25) is 0 Å². The van der Waals surface area contributed by atoms with E-state index in [9.17, 15) is 4.39 Å². The Labute approximate surface area is 109 Å². The minimum Gasteiger partial charge on any atom is -0.370 e. The predicted octanol–water partition coefficient (Wildman–Crippen LogP) is 3.18. The molecule has 0 amide bonds. The first-order chi connectivity index (χ1) is 8.28. The zero-order chi connectivity index (χ0) is 13.8. The number of hydrogen-bond donors (Lipinski definition) is 2. The fraction of sp³-hybridized carbons (Fsp3) is 0.643. The number of nitrogens with one attached hydrogen (secondary N) is 2. The molecule has 0 saturated carbocycles. The molecule has 0 fully saturated rings. The molecule has 1 aromatic heterocycles. The molecule has 0 aromatic carbocycles. The number of rotatable bonds is 5. The molecule has 1 heterocycles. The first-order valence-corrected chi connectivity index (χ1v) is 6.41. The molecule has 2 N–H and O–H groups in total. The number of hydrogen-bond acceptors (Lipinski definition) is 3. The van der Waals surface area contributed by atoms with Crippen LogP contribution in [0.5, 0.6) is 0 Å². The van der Waals surface area contributed by atoms with Gasteiger partial charge in [0.25, 0.3) is 0 Å². The highest BCUT2D eigenvalue weighted by Gasteiger charge is 2.12. The molecule has 1 rings (SSSR count). The Morgan fingerprint density at radius 2 is 2.00 bits per heavy atom. The van der Waals surface area contributed by atoms with Gasteiger partial charge in [-0.1, -0.05) is 13.8 Å². The van der Waals surface area contributed by atoms with Crippen LogP contribution in [0.3, 0.4) is 0 Å². The molecule has 0 atom stereocenters. The zero-order valence-electron chi connectivity index (χ0n) is 12.0. The molecular formula is C14H24FN3. The molecule has 0 aliphatic heterocycles. The van der Waals surface area contributed by atoms with Gasteiger partial charge in [0, 0.05) is 24.2 Å². The van der Waals surface area contributed by atoms with Crippen LogP contribution in [0.1, 0.15) is 40.2 Å². The molecule has 102 valence electrons. The average molecular weight is 253 g/mol. The summed E-state index contributed by atoms with van der Waals surface area (Å²) in [5.41, 5.74) is 0.868. The van der Waals surface area contributed by atoms with Crippen molar-refractivity contribution in [3.8, 4) is 0 Å². The van der Waals surface area contributed by atoms with Gasteiger partial charge in [0.15, 0.2) is 0 Å². The van der Waals surface area contributed by atoms with Crippen LogP contribution in [-0.2, 0) is 6.54 Å². The summed E-state index contributed by atoms with van der Waals surface area (Å²) in [6.07, 6.45) is 1.25. The second-order valence-corrected chi connectivity index (χ2v) is 6.04. The molecule has 0 spiro atoms. The molecule has 1 aromatic rings. The van der Waals surface area contributed by atoms with Gasteiger partial charge in [-0.05, 0) is 32.8 Å². The van der Waals surface area contributed by atoms with Crippen LogP contribution in [-0.4, -0.2) is 17.1 Å². The maximum Gasteiger partial charge on any atom is 0.141 e. The van der Waals surface area contributed by atoms with E-state index in [2.05, 4.69) is 50.2 Å². The van der Waals surface area contributed by atoms with E-state index in [1.54, 1.807) is 0 Å². The SMILES string of the molecule is CC(C)CNc1ncc(F)cc1CNC(C)(C)C. The summed E-state index contributed by atoms with van der Waals surface area (Å²) in [7, 11) is 0. The van der Waals surface area contributed by atoms with Crippen LogP contribution in [0.4, 0.5) is 10.2 Å². The van der Waals surface area contributed by atoms with Gasteiger partial charge < -0.3 is 10.6 Å². The van der Waals surface area contributed by atoms with Crippen molar-refractivity contribution in [2.45, 2.75) is 46.7 Å². The van der Waals surface area contributed by atoms with E-state index in [4.69, 9.17) is 0 Å². The Morgan fingerprint density at radius 1 is 1.33 bits per heavy atom. The second-order valence-electron chi connectivity index (χ2n) is 6.04. The van der Waals surface area contributed by atoms with Crippen molar-refractivity contribution in [2.24, 2.45) is 5.92 Å². The van der Waals surface area contributed by atoms with E-state index >= 15 is 0 Å². The first kappa shape index (κ1) is 14.9. The highest BCUT2D eigenvalue weighted by Crippen LogP contribution is 2.15. The topological polar surface area (TPSA) is 37.0 Å². The quantitative estimate of drug-likeness (QED) is 0.846. The summed E-state index contributed by atoms with van der Waals surface area (Å²) in [5.74, 6) is 0.998. The van der Waals surface area contributed by atoms with E-state index in [1.807, 2.05) is 0 Å². The second kappa shape index (κ2) is 6.14. The van der Waals surface area contributed by atoms with Crippen LogP contribution in [0.15, 0.2) is 12.3 Å². The molecule has 0 unspecified atom stereocenters. The Balaban J connectivity index is 2.76. The van der Waals surface area contributed by atoms with Gasteiger partial charge in [-0.25, -0.2) is 9.37 Å². The summed E-state index contributed by atoms with van der Waals surface area (Å²) in [6, 6.07) is 1.54. The normalized spacial score (nSPS) is 11.9. The molecule has 0 saturated heterocycles. The fourth-order valence-corrected chi connectivity index (χ4v) is 1.44. The lowest BCUT2D eigenvalue weighted by Crippen LogP contribution is -2.35. The molecule has 3 nitrogen and oxygen atoms in total. The summed E-state index contributed by atoms with van der Waals surface area (Å²) >= 11 is 0. The smallest absolute Gasteiger partial charge is 0.141 e. The molecular weight excluding hydrogens is 229 g/mol. The van der Waals surface area contributed by atoms with E-state index in [-0.39, 0.29) is 11.4 Å². The van der Waals surface area contributed by atoms with Crippen LogP contribution in [0.2, 0.25) is 0 Å². The Morgan fingerprint density at radius 3 is 2.56 bits per heavy atom. The molecule has 0 aliphatic carbocycles. The molecule has 18 heavy (non-hydrogen) atoms. The minimum atomic E-state index is -0.296. The van der Waals surface area contributed by atoms with Gasteiger partial charge in [-0.15, -0.1) is 0 Å². The van der Waals surface area contributed by atoms with Crippen molar-refractivity contribution in [3.05, 3.63) is 23.6 Å². The predicted molar refractivity (Wildman–Crippen MR) is 74.1 cm³/mol. The Hall–Kier alpha value is -1.16. The van der Waals surface area contributed by atoms with E-state index < -0.39 is 0 Å². The largest absolute Gasteiger partial charge is 0.370 e. The van der Waals surface area contributed by atoms with Crippen LogP contribution < -0.4 is 10.6 Å². The third-order valence-electron chi connectivity index (χ3n) is 2.42. The summed E-state index contributed by atoms with van der Waals surface area (Å²) in [5, 5.41) is 6.61. The lowest BCUT2D eigenvalue weighted by Gasteiger charge is -2.21. The van der Waals surface area contributed by atoms with Crippen LogP contribution in [0.25, 0.3) is 0 Å². The van der Waals surface area contributed by atoms with Crippen molar-refractivity contribution < 1.29 is 4.39 Å². The van der Waals surface area contributed by atoms with Crippen molar-refractivity contribution in [1.29, 1.82) is 0 Å². The number of pyridine rings is 1. The summed E-state index contributed by atoms with van der Waals surface area (Å²) in [6.45, 7) is 12.0. The lowest BCUT2D eigenvalue weighted by molar-refractivity contribution is 0.423. The van der Waals surface area contributed by atoms with Crippen molar-refractivity contribution in [2.75, 3.05) is 11.9 Å². The van der Waals surface area contributed by atoms with Gasteiger partial charge in [0.1, 0.15) is 11.6 Å². The number of aromatic nitrogens is 1. The van der Waals surface area contributed by atoms with Gasteiger partial charge in [0.2, 0.25) is 0 Å². The Kier molecular flexibility index (Phi) is 5.08. The highest BCUT2D eigenvalue weighted by atomic mass is 19.1. The summed E-state index contributed by atoms with van der Waals surface area (Å²) in [4.78, 5) is 4.12. The van der Waals surface area contributed by atoms with Crippen molar-refractivity contribution in [3.63, 3.8) is 0 Å². The summed E-state index contributed by atoms with van der Waals surface area (Å²) < 4.78 is 13.2. The van der Waals surface area contributed by atoms with Crippen LogP contribution >= 0.6 is 0 Å². The van der Waals surface area contributed by atoms with Gasteiger partial charge in [0.05, 0.1) is 6.20 Å². The Bertz CT molecular complexity index is 383. The highest BCUT2D eigenvalue weighted by molar-refractivity contribution is 5.44. The molecule has 4 heteroatoms. The molecule has 0 bridgehead atoms. The molecule has 0 aliphatic rings. The van der Waals surface area contributed by atoms with Crippen molar-refractivity contribution >= 4 is 5.82 Å². The molecule has 0 radical (unpaired) electrons. The lowest BCUT2D eigenvalue weighted by atomic mass is 10.1. The van der Waals surface area contributed by atoms with E-state index in [0.717, 1.165) is 17.9 Å².